The molecular formula is C22H34N6O3. The highest BCUT2D eigenvalue weighted by Crippen LogP contribution is 2.28. The van der Waals surface area contributed by atoms with Crippen molar-refractivity contribution in [2.75, 3.05) is 32.7 Å². The van der Waals surface area contributed by atoms with E-state index in [1.54, 1.807) is 17.9 Å². The third-order valence-electron chi connectivity index (χ3n) is 6.94. The van der Waals surface area contributed by atoms with Crippen molar-refractivity contribution in [3.05, 3.63) is 17.5 Å². The highest BCUT2D eigenvalue weighted by molar-refractivity contribution is 6.01. The van der Waals surface area contributed by atoms with Gasteiger partial charge in [0.2, 0.25) is 5.91 Å². The summed E-state index contributed by atoms with van der Waals surface area (Å²) in [6, 6.07) is 1.72. The van der Waals surface area contributed by atoms with Gasteiger partial charge in [-0.2, -0.15) is 5.10 Å². The topological polar surface area (TPSA) is 99.6 Å². The van der Waals surface area contributed by atoms with Crippen LogP contribution in [-0.4, -0.2) is 81.6 Å². The van der Waals surface area contributed by atoms with Gasteiger partial charge in [0.05, 0.1) is 6.54 Å². The predicted molar refractivity (Wildman–Crippen MR) is 116 cm³/mol. The maximum Gasteiger partial charge on any atom is 0.273 e. The molecule has 3 aliphatic rings. The molecular weight excluding hydrogens is 396 g/mol. The molecule has 1 saturated heterocycles. The molecule has 31 heavy (non-hydrogen) atoms. The zero-order valence-electron chi connectivity index (χ0n) is 18.7. The molecule has 170 valence electrons. The quantitative estimate of drug-likeness (QED) is 0.672. The van der Waals surface area contributed by atoms with Gasteiger partial charge in [0, 0.05) is 31.7 Å². The first-order chi connectivity index (χ1) is 14.9. The van der Waals surface area contributed by atoms with E-state index in [2.05, 4.69) is 20.6 Å². The minimum atomic E-state index is -1.03. The molecule has 2 aliphatic heterocycles. The number of hydrogen-bond donors (Lipinski definition) is 2. The van der Waals surface area contributed by atoms with Crippen LogP contribution in [0.5, 0.6) is 0 Å². The number of carbonyl (C=O) groups is 3. The van der Waals surface area contributed by atoms with Crippen molar-refractivity contribution in [2.45, 2.75) is 70.5 Å². The number of carbonyl (C=O) groups excluding carboxylic acids is 3. The number of nitrogens with one attached hydrogen (secondary N) is 2. The first-order valence-corrected chi connectivity index (χ1v) is 11.6. The lowest BCUT2D eigenvalue weighted by molar-refractivity contribution is -0.133. The van der Waals surface area contributed by atoms with E-state index >= 15 is 0 Å². The van der Waals surface area contributed by atoms with Crippen molar-refractivity contribution >= 4 is 17.7 Å². The largest absolute Gasteiger partial charge is 0.351 e. The van der Waals surface area contributed by atoms with Gasteiger partial charge < -0.3 is 20.4 Å². The average Bonchev–Trinajstić information content (AvgIpc) is 3.50. The number of hydrogen-bond acceptors (Lipinski definition) is 5. The number of likely N-dealkylation sites (tertiary alicyclic amines) is 1. The Labute approximate surface area is 183 Å². The summed E-state index contributed by atoms with van der Waals surface area (Å²) in [6.07, 6.45) is 6.64. The lowest BCUT2D eigenvalue weighted by atomic mass is 9.94. The summed E-state index contributed by atoms with van der Waals surface area (Å²) < 4.78 is 1.53. The molecule has 3 amide bonds. The number of rotatable bonds is 7. The van der Waals surface area contributed by atoms with Crippen LogP contribution in [0.1, 0.15) is 73.3 Å². The van der Waals surface area contributed by atoms with E-state index in [4.69, 9.17) is 0 Å². The molecule has 9 nitrogen and oxygen atoms in total. The van der Waals surface area contributed by atoms with E-state index in [1.807, 2.05) is 6.92 Å². The van der Waals surface area contributed by atoms with Gasteiger partial charge in [-0.05, 0) is 52.6 Å². The van der Waals surface area contributed by atoms with Crippen LogP contribution < -0.4 is 10.6 Å². The highest BCUT2D eigenvalue weighted by Gasteiger charge is 2.48. The first kappa shape index (κ1) is 21.8. The third-order valence-corrected chi connectivity index (χ3v) is 6.94. The van der Waals surface area contributed by atoms with Crippen molar-refractivity contribution < 1.29 is 14.4 Å². The first-order valence-electron chi connectivity index (χ1n) is 11.6. The van der Waals surface area contributed by atoms with Gasteiger partial charge in [-0.15, -0.1) is 0 Å². The lowest BCUT2D eigenvalue weighted by Crippen LogP contribution is -2.64. The van der Waals surface area contributed by atoms with Gasteiger partial charge in [-0.1, -0.05) is 12.8 Å². The molecule has 4 rings (SSSR count). The fourth-order valence-corrected chi connectivity index (χ4v) is 5.08. The molecule has 1 atom stereocenters. The standard InChI is InChI=1S/C22H34N6O3/c1-3-27-20(30)18-14-17(19(29)23-10-13-26-11-6-7-12-26)25-28(18)15-22(27,2)21(31)24-16-8-4-5-9-16/h14,16H,3-13,15H2,1-2H3,(H,23,29)(H,24,31). The molecule has 3 heterocycles. The number of fused-ring (bicyclic) bond motifs is 1. The van der Waals surface area contributed by atoms with Crippen molar-refractivity contribution in [1.29, 1.82) is 0 Å². The maximum atomic E-state index is 13.2. The van der Waals surface area contributed by atoms with Crippen molar-refractivity contribution in [1.82, 2.24) is 30.2 Å². The molecule has 9 heteroatoms. The lowest BCUT2D eigenvalue weighted by Gasteiger charge is -2.43. The van der Waals surface area contributed by atoms with E-state index in [-0.39, 0.29) is 36.0 Å². The molecule has 0 bridgehead atoms. The van der Waals surface area contributed by atoms with Crippen LogP contribution in [0.25, 0.3) is 0 Å². The molecule has 0 spiro atoms. The molecule has 1 aliphatic carbocycles. The summed E-state index contributed by atoms with van der Waals surface area (Å²) in [4.78, 5) is 42.9. The van der Waals surface area contributed by atoms with Gasteiger partial charge in [-0.25, -0.2) is 0 Å². The second kappa shape index (κ2) is 8.98. The summed E-state index contributed by atoms with van der Waals surface area (Å²) in [5.74, 6) is -0.692. The zero-order chi connectivity index (χ0) is 22.0. The van der Waals surface area contributed by atoms with E-state index in [1.165, 1.54) is 17.5 Å². The Bertz CT molecular complexity index is 840. The fraction of sp³-hybridized carbons (Fsp3) is 0.727. The summed E-state index contributed by atoms with van der Waals surface area (Å²) in [5.41, 5.74) is -0.448. The molecule has 1 aromatic heterocycles. The Hall–Kier alpha value is -2.42. The van der Waals surface area contributed by atoms with Gasteiger partial charge in [0.25, 0.3) is 11.8 Å². The minimum absolute atomic E-state index is 0.146. The predicted octanol–water partition coefficient (Wildman–Crippen LogP) is 1.00. The van der Waals surface area contributed by atoms with E-state index in [9.17, 15) is 14.4 Å². The summed E-state index contributed by atoms with van der Waals surface area (Å²) >= 11 is 0. The Morgan fingerprint density at radius 2 is 1.90 bits per heavy atom. The van der Waals surface area contributed by atoms with Crippen LogP contribution in [0.2, 0.25) is 0 Å². The van der Waals surface area contributed by atoms with Gasteiger partial charge in [0.15, 0.2) is 5.69 Å². The van der Waals surface area contributed by atoms with Gasteiger partial charge >= 0.3 is 0 Å². The highest BCUT2D eigenvalue weighted by atomic mass is 16.2. The van der Waals surface area contributed by atoms with Crippen LogP contribution in [0.4, 0.5) is 0 Å². The average molecular weight is 431 g/mol. The monoisotopic (exact) mass is 430 g/mol. The van der Waals surface area contributed by atoms with Crippen LogP contribution in [-0.2, 0) is 11.3 Å². The van der Waals surface area contributed by atoms with Crippen molar-refractivity contribution in [3.8, 4) is 0 Å². The number of amides is 3. The minimum Gasteiger partial charge on any atom is -0.351 e. The van der Waals surface area contributed by atoms with E-state index in [0.717, 1.165) is 45.3 Å². The Kier molecular flexibility index (Phi) is 6.31. The van der Waals surface area contributed by atoms with Crippen molar-refractivity contribution in [2.24, 2.45) is 0 Å². The Morgan fingerprint density at radius 3 is 2.58 bits per heavy atom. The molecule has 0 radical (unpaired) electrons. The van der Waals surface area contributed by atoms with Gasteiger partial charge in [-0.3, -0.25) is 19.1 Å². The summed E-state index contributed by atoms with van der Waals surface area (Å²) in [7, 11) is 0. The van der Waals surface area contributed by atoms with Crippen LogP contribution >= 0.6 is 0 Å². The Balaban J connectivity index is 1.46. The Morgan fingerprint density at radius 1 is 1.19 bits per heavy atom. The normalized spacial score (nSPS) is 24.5. The molecule has 1 aromatic rings. The van der Waals surface area contributed by atoms with Crippen molar-refractivity contribution in [3.63, 3.8) is 0 Å². The molecule has 0 aromatic carbocycles. The smallest absolute Gasteiger partial charge is 0.273 e. The molecule has 1 saturated carbocycles. The number of aromatic nitrogens is 2. The third kappa shape index (κ3) is 4.33. The zero-order valence-corrected chi connectivity index (χ0v) is 18.7. The van der Waals surface area contributed by atoms with Gasteiger partial charge in [0.1, 0.15) is 11.2 Å². The van der Waals surface area contributed by atoms with Crippen LogP contribution in [0, 0.1) is 0 Å². The molecule has 1 unspecified atom stereocenters. The SMILES string of the molecule is CCN1C(=O)c2cc(C(=O)NCCN3CCCC3)nn2CC1(C)C(=O)NC1CCCC1. The number of nitrogens with zero attached hydrogens (tertiary/aromatic N) is 4. The fourth-order valence-electron chi connectivity index (χ4n) is 5.08. The number of likely N-dealkylation sites (N-methyl/N-ethyl adjacent to an activating group) is 1. The summed E-state index contributed by atoms with van der Waals surface area (Å²) in [6.45, 7) is 7.85. The van der Waals surface area contributed by atoms with E-state index in [0.29, 0.717) is 18.8 Å². The summed E-state index contributed by atoms with van der Waals surface area (Å²) in [5, 5.41) is 10.4. The molecule has 2 fully saturated rings. The second-order valence-electron chi connectivity index (χ2n) is 9.16. The van der Waals surface area contributed by atoms with Crippen LogP contribution in [0.3, 0.4) is 0 Å². The van der Waals surface area contributed by atoms with E-state index < -0.39 is 5.54 Å². The second-order valence-corrected chi connectivity index (χ2v) is 9.16. The van der Waals surface area contributed by atoms with Crippen LogP contribution in [0.15, 0.2) is 6.07 Å². The maximum absolute atomic E-state index is 13.2. The molecule has 2 N–H and O–H groups in total.